The Morgan fingerprint density at radius 2 is 2.29 bits per heavy atom. The van der Waals surface area contributed by atoms with E-state index in [1.54, 1.807) is 0 Å². The third-order valence-electron chi connectivity index (χ3n) is 4.35. The Balaban J connectivity index is 1.82. The van der Waals surface area contributed by atoms with Crippen molar-refractivity contribution < 1.29 is 4.74 Å². The van der Waals surface area contributed by atoms with Crippen LogP contribution >= 0.6 is 0 Å². The maximum absolute atomic E-state index is 5.59. The highest BCUT2D eigenvalue weighted by molar-refractivity contribution is 4.83. The van der Waals surface area contributed by atoms with Gasteiger partial charge in [0.05, 0.1) is 13.2 Å². The summed E-state index contributed by atoms with van der Waals surface area (Å²) in [6.45, 7) is 8.85. The maximum Gasteiger partial charge on any atom is 0.0622 e. The van der Waals surface area contributed by atoms with Crippen LogP contribution in [-0.4, -0.2) is 49.3 Å². The van der Waals surface area contributed by atoms with Crippen LogP contribution in [0.4, 0.5) is 0 Å². The van der Waals surface area contributed by atoms with E-state index in [4.69, 9.17) is 4.74 Å². The third-order valence-corrected chi connectivity index (χ3v) is 4.35. The second-order valence-corrected chi connectivity index (χ2v) is 5.61. The predicted octanol–water partition coefficient (Wildman–Crippen LogP) is 2.02. The van der Waals surface area contributed by atoms with Gasteiger partial charge in [0.25, 0.3) is 0 Å². The van der Waals surface area contributed by atoms with E-state index in [-0.39, 0.29) is 0 Å². The molecule has 2 rings (SSSR count). The van der Waals surface area contributed by atoms with Gasteiger partial charge >= 0.3 is 0 Å². The van der Waals surface area contributed by atoms with Gasteiger partial charge in [0.15, 0.2) is 0 Å². The quantitative estimate of drug-likeness (QED) is 0.813. The van der Waals surface area contributed by atoms with E-state index in [0.717, 1.165) is 25.8 Å². The Kier molecular flexibility index (Phi) is 5.26. The molecule has 0 aromatic carbocycles. The van der Waals surface area contributed by atoms with Gasteiger partial charge in [0, 0.05) is 24.7 Å². The van der Waals surface area contributed by atoms with Crippen LogP contribution in [0, 0.1) is 0 Å². The summed E-state index contributed by atoms with van der Waals surface area (Å²) in [6.07, 6.45) is 6.65. The van der Waals surface area contributed by atoms with Crippen molar-refractivity contribution in [3.8, 4) is 0 Å². The minimum absolute atomic E-state index is 0.641. The minimum atomic E-state index is 0.641. The van der Waals surface area contributed by atoms with Gasteiger partial charge in [0.1, 0.15) is 0 Å². The number of rotatable bonds is 4. The van der Waals surface area contributed by atoms with Crippen LogP contribution in [-0.2, 0) is 4.74 Å². The lowest BCUT2D eigenvalue weighted by Gasteiger charge is -2.41. The van der Waals surface area contributed by atoms with Crippen molar-refractivity contribution in [2.45, 2.75) is 64.1 Å². The molecule has 0 aliphatic carbocycles. The van der Waals surface area contributed by atoms with Crippen LogP contribution in [0.15, 0.2) is 0 Å². The first kappa shape index (κ1) is 13.3. The Bertz CT molecular complexity index is 216. The van der Waals surface area contributed by atoms with Crippen molar-refractivity contribution in [1.29, 1.82) is 0 Å². The number of ether oxygens (including phenoxy) is 1. The molecule has 0 bridgehead atoms. The van der Waals surface area contributed by atoms with Gasteiger partial charge in [-0.3, -0.25) is 4.90 Å². The van der Waals surface area contributed by atoms with Crippen molar-refractivity contribution >= 4 is 0 Å². The van der Waals surface area contributed by atoms with E-state index in [1.807, 2.05) is 0 Å². The first-order valence-electron chi connectivity index (χ1n) is 7.38. The molecular weight excluding hydrogens is 212 g/mol. The zero-order chi connectivity index (χ0) is 12.1. The largest absolute Gasteiger partial charge is 0.378 e. The number of hydrogen-bond acceptors (Lipinski definition) is 3. The number of hydrogen-bond donors (Lipinski definition) is 1. The molecule has 2 saturated heterocycles. The average molecular weight is 240 g/mol. The van der Waals surface area contributed by atoms with Crippen LogP contribution in [0.25, 0.3) is 0 Å². The second-order valence-electron chi connectivity index (χ2n) is 5.61. The van der Waals surface area contributed by atoms with E-state index < -0.39 is 0 Å². The molecule has 0 spiro atoms. The third kappa shape index (κ3) is 3.67. The summed E-state index contributed by atoms with van der Waals surface area (Å²) in [5.41, 5.74) is 0. The van der Waals surface area contributed by atoms with Gasteiger partial charge in [0.2, 0.25) is 0 Å². The zero-order valence-electron chi connectivity index (χ0n) is 11.5. The SMILES string of the molecule is CCC1COCCN1C(C)CC1CCCCN1. The molecule has 0 aromatic rings. The Morgan fingerprint density at radius 1 is 1.41 bits per heavy atom. The topological polar surface area (TPSA) is 24.5 Å². The normalized spacial score (nSPS) is 33.5. The molecule has 100 valence electrons. The summed E-state index contributed by atoms with van der Waals surface area (Å²) in [5, 5.41) is 3.66. The Morgan fingerprint density at radius 3 is 3.00 bits per heavy atom. The molecule has 3 unspecified atom stereocenters. The number of nitrogens with zero attached hydrogens (tertiary/aromatic N) is 1. The van der Waals surface area contributed by atoms with Crippen LogP contribution in [0.2, 0.25) is 0 Å². The molecule has 2 fully saturated rings. The lowest BCUT2D eigenvalue weighted by molar-refractivity contribution is -0.0300. The van der Waals surface area contributed by atoms with Gasteiger partial charge in [-0.2, -0.15) is 0 Å². The smallest absolute Gasteiger partial charge is 0.0622 e. The molecule has 1 N–H and O–H groups in total. The van der Waals surface area contributed by atoms with E-state index >= 15 is 0 Å². The fourth-order valence-electron chi connectivity index (χ4n) is 3.27. The summed E-state index contributed by atoms with van der Waals surface area (Å²) >= 11 is 0. The molecule has 0 radical (unpaired) electrons. The lowest BCUT2D eigenvalue weighted by atomic mass is 9.97. The van der Waals surface area contributed by atoms with Crippen LogP contribution in [0.5, 0.6) is 0 Å². The van der Waals surface area contributed by atoms with Crippen LogP contribution < -0.4 is 5.32 Å². The lowest BCUT2D eigenvalue weighted by Crippen LogP contribution is -2.51. The molecule has 17 heavy (non-hydrogen) atoms. The maximum atomic E-state index is 5.59. The van der Waals surface area contributed by atoms with Gasteiger partial charge in [-0.1, -0.05) is 13.3 Å². The predicted molar refractivity (Wildman–Crippen MR) is 71.3 cm³/mol. The standard InChI is InChI=1S/C14H28N2O/c1-3-14-11-17-9-8-16(14)12(2)10-13-6-4-5-7-15-13/h12-15H,3-11H2,1-2H3. The average Bonchev–Trinajstić information content (AvgIpc) is 2.40. The second kappa shape index (κ2) is 6.72. The monoisotopic (exact) mass is 240 g/mol. The molecule has 0 amide bonds. The summed E-state index contributed by atoms with van der Waals surface area (Å²) in [5.74, 6) is 0. The van der Waals surface area contributed by atoms with Crippen molar-refractivity contribution in [2.75, 3.05) is 26.3 Å². The first-order chi connectivity index (χ1) is 8.31. The van der Waals surface area contributed by atoms with Crippen molar-refractivity contribution in [2.24, 2.45) is 0 Å². The van der Waals surface area contributed by atoms with Gasteiger partial charge < -0.3 is 10.1 Å². The van der Waals surface area contributed by atoms with E-state index in [0.29, 0.717) is 12.1 Å². The molecule has 3 nitrogen and oxygen atoms in total. The van der Waals surface area contributed by atoms with Crippen molar-refractivity contribution in [3.05, 3.63) is 0 Å². The van der Waals surface area contributed by atoms with Crippen LogP contribution in [0.1, 0.15) is 46.0 Å². The van der Waals surface area contributed by atoms with Crippen molar-refractivity contribution in [3.63, 3.8) is 0 Å². The Labute approximate surface area is 106 Å². The molecule has 0 aromatic heterocycles. The Hall–Kier alpha value is -0.120. The molecule has 3 atom stereocenters. The summed E-state index contributed by atoms with van der Waals surface area (Å²) in [4.78, 5) is 2.67. The first-order valence-corrected chi connectivity index (χ1v) is 7.38. The molecule has 3 heteroatoms. The fraction of sp³-hybridized carbons (Fsp3) is 1.00. The molecule has 2 aliphatic heterocycles. The molecule has 0 saturated carbocycles. The molecule has 2 heterocycles. The summed E-state index contributed by atoms with van der Waals surface area (Å²) in [6, 6.07) is 2.08. The highest BCUT2D eigenvalue weighted by Gasteiger charge is 2.27. The van der Waals surface area contributed by atoms with E-state index in [2.05, 4.69) is 24.1 Å². The fourth-order valence-corrected chi connectivity index (χ4v) is 3.27. The molecule has 2 aliphatic rings. The highest BCUT2D eigenvalue weighted by Crippen LogP contribution is 2.19. The van der Waals surface area contributed by atoms with Gasteiger partial charge in [-0.05, 0) is 39.2 Å². The number of nitrogens with one attached hydrogen (secondary N) is 1. The van der Waals surface area contributed by atoms with Crippen LogP contribution in [0.3, 0.4) is 0 Å². The number of morpholine rings is 1. The van der Waals surface area contributed by atoms with Crippen molar-refractivity contribution in [1.82, 2.24) is 10.2 Å². The molecular formula is C14H28N2O. The zero-order valence-corrected chi connectivity index (χ0v) is 11.5. The minimum Gasteiger partial charge on any atom is -0.378 e. The van der Waals surface area contributed by atoms with E-state index in [1.165, 1.54) is 38.6 Å². The van der Waals surface area contributed by atoms with E-state index in [9.17, 15) is 0 Å². The summed E-state index contributed by atoms with van der Waals surface area (Å²) in [7, 11) is 0. The number of piperidine rings is 1. The summed E-state index contributed by atoms with van der Waals surface area (Å²) < 4.78 is 5.59. The van der Waals surface area contributed by atoms with Gasteiger partial charge in [-0.15, -0.1) is 0 Å². The highest BCUT2D eigenvalue weighted by atomic mass is 16.5. The van der Waals surface area contributed by atoms with Gasteiger partial charge in [-0.25, -0.2) is 0 Å².